The fourth-order valence-corrected chi connectivity index (χ4v) is 6.87. The topological polar surface area (TPSA) is 55.2 Å². The van der Waals surface area contributed by atoms with Crippen LogP contribution >= 0.6 is 0 Å². The first kappa shape index (κ1) is 17.6. The van der Waals surface area contributed by atoms with Crippen molar-refractivity contribution in [1.82, 2.24) is 14.7 Å². The highest BCUT2D eigenvalue weighted by molar-refractivity contribution is 7.92. The van der Waals surface area contributed by atoms with E-state index >= 15 is 0 Å². The zero-order chi connectivity index (χ0) is 19.5. The second kappa shape index (κ2) is 6.29. The van der Waals surface area contributed by atoms with E-state index in [0.29, 0.717) is 11.4 Å². The van der Waals surface area contributed by atoms with Crippen LogP contribution in [0.4, 0.5) is 0 Å². The molecule has 0 unspecified atom stereocenters. The van der Waals surface area contributed by atoms with E-state index in [0.717, 1.165) is 29.8 Å². The first-order valence-corrected chi connectivity index (χ1v) is 11.1. The molecule has 6 heteroatoms. The standard InChI is InChI=1S/C22H23N3O2S/c1-15-4-3-5-16(8-15)11-25-13-20-19-9-17(18-10-23-24(2)12-18)6-7-21(19)28(26,27)22(20)14-25/h3-10,12,20,22H,11,13-14H2,1-2H3/t20-,22+/m0/s1. The highest BCUT2D eigenvalue weighted by Crippen LogP contribution is 2.46. The van der Waals surface area contributed by atoms with Crippen LogP contribution in [0.2, 0.25) is 0 Å². The van der Waals surface area contributed by atoms with E-state index in [4.69, 9.17) is 0 Å². The fraction of sp³-hybridized carbons (Fsp3) is 0.318. The van der Waals surface area contributed by atoms with Crippen LogP contribution in [0, 0.1) is 6.92 Å². The predicted molar refractivity (Wildman–Crippen MR) is 109 cm³/mol. The number of fused-ring (bicyclic) bond motifs is 3. The molecule has 0 radical (unpaired) electrons. The zero-order valence-corrected chi connectivity index (χ0v) is 16.9. The van der Waals surface area contributed by atoms with Gasteiger partial charge < -0.3 is 0 Å². The minimum absolute atomic E-state index is 0.0430. The monoisotopic (exact) mass is 393 g/mol. The summed E-state index contributed by atoms with van der Waals surface area (Å²) in [5, 5.41) is 3.90. The quantitative estimate of drug-likeness (QED) is 0.686. The van der Waals surface area contributed by atoms with Crippen LogP contribution in [0.5, 0.6) is 0 Å². The summed E-state index contributed by atoms with van der Waals surface area (Å²) in [5.41, 5.74) is 5.48. The van der Waals surface area contributed by atoms with Crippen molar-refractivity contribution in [2.45, 2.75) is 29.5 Å². The van der Waals surface area contributed by atoms with E-state index in [1.165, 1.54) is 11.1 Å². The molecule has 2 aliphatic heterocycles. The molecular formula is C22H23N3O2S. The Bertz CT molecular complexity index is 1170. The maximum absolute atomic E-state index is 13.1. The maximum atomic E-state index is 13.1. The largest absolute Gasteiger partial charge is 0.297 e. The lowest BCUT2D eigenvalue weighted by molar-refractivity contribution is 0.325. The van der Waals surface area contributed by atoms with Crippen LogP contribution in [0.1, 0.15) is 22.6 Å². The van der Waals surface area contributed by atoms with Crippen LogP contribution in [-0.2, 0) is 23.4 Å². The summed E-state index contributed by atoms with van der Waals surface area (Å²) >= 11 is 0. The van der Waals surface area contributed by atoms with Gasteiger partial charge in [0.25, 0.3) is 0 Å². The average Bonchev–Trinajstić information content (AvgIpc) is 3.32. The second-order valence-corrected chi connectivity index (χ2v) is 10.2. The van der Waals surface area contributed by atoms with Crippen molar-refractivity contribution in [3.8, 4) is 11.1 Å². The Kier molecular flexibility index (Phi) is 3.96. The molecule has 1 saturated heterocycles. The van der Waals surface area contributed by atoms with E-state index in [1.807, 2.05) is 25.5 Å². The van der Waals surface area contributed by atoms with Crippen molar-refractivity contribution in [1.29, 1.82) is 0 Å². The van der Waals surface area contributed by atoms with Crippen molar-refractivity contribution in [3.05, 3.63) is 71.5 Å². The van der Waals surface area contributed by atoms with Gasteiger partial charge in [0.1, 0.15) is 0 Å². The number of aromatic nitrogens is 2. The summed E-state index contributed by atoms with van der Waals surface area (Å²) in [6.45, 7) is 4.25. The van der Waals surface area contributed by atoms with Gasteiger partial charge in [0.2, 0.25) is 0 Å². The van der Waals surface area contributed by atoms with Crippen molar-refractivity contribution >= 4 is 9.84 Å². The van der Waals surface area contributed by atoms with Crippen molar-refractivity contribution in [2.75, 3.05) is 13.1 Å². The molecule has 0 aliphatic carbocycles. The summed E-state index contributed by atoms with van der Waals surface area (Å²) in [5.74, 6) is 0.0430. The average molecular weight is 394 g/mol. The van der Waals surface area contributed by atoms with Crippen LogP contribution in [0.15, 0.2) is 59.8 Å². The highest BCUT2D eigenvalue weighted by Gasteiger charge is 2.50. The number of hydrogen-bond acceptors (Lipinski definition) is 4. The Labute approximate surface area is 165 Å². The smallest absolute Gasteiger partial charge is 0.183 e. The summed E-state index contributed by atoms with van der Waals surface area (Å²) in [6, 6.07) is 14.2. The third-order valence-electron chi connectivity index (χ3n) is 5.98. The number of aryl methyl sites for hydroxylation is 2. The minimum atomic E-state index is -3.27. The lowest BCUT2D eigenvalue weighted by Gasteiger charge is -2.18. The first-order valence-electron chi connectivity index (χ1n) is 9.56. The van der Waals surface area contributed by atoms with E-state index in [-0.39, 0.29) is 11.2 Å². The highest BCUT2D eigenvalue weighted by atomic mass is 32.2. The molecule has 0 bridgehead atoms. The van der Waals surface area contributed by atoms with Gasteiger partial charge in [-0.3, -0.25) is 9.58 Å². The molecule has 0 amide bonds. The molecule has 2 atom stereocenters. The summed E-state index contributed by atoms with van der Waals surface area (Å²) in [4.78, 5) is 2.80. The van der Waals surface area contributed by atoms with Crippen molar-refractivity contribution in [2.24, 2.45) is 7.05 Å². The summed E-state index contributed by atoms with van der Waals surface area (Å²) in [6.07, 6.45) is 3.78. The van der Waals surface area contributed by atoms with Gasteiger partial charge in [0.15, 0.2) is 9.84 Å². The van der Waals surface area contributed by atoms with Crippen LogP contribution in [0.3, 0.4) is 0 Å². The Morgan fingerprint density at radius 2 is 1.96 bits per heavy atom. The van der Waals surface area contributed by atoms with Gasteiger partial charge in [-0.2, -0.15) is 5.10 Å². The molecule has 0 spiro atoms. The number of rotatable bonds is 3. The molecule has 3 heterocycles. The van der Waals surface area contributed by atoms with Gasteiger partial charge in [-0.05, 0) is 35.7 Å². The molecule has 28 heavy (non-hydrogen) atoms. The lowest BCUT2D eigenvalue weighted by atomic mass is 9.95. The Morgan fingerprint density at radius 1 is 1.11 bits per heavy atom. The molecule has 5 rings (SSSR count). The second-order valence-electron chi connectivity index (χ2n) is 8.03. The number of nitrogens with zero attached hydrogens (tertiary/aromatic N) is 3. The molecule has 2 aromatic carbocycles. The maximum Gasteiger partial charge on any atom is 0.183 e. The van der Waals surface area contributed by atoms with E-state index in [1.54, 1.807) is 10.7 Å². The molecule has 1 aromatic heterocycles. The van der Waals surface area contributed by atoms with Crippen LogP contribution in [0.25, 0.3) is 11.1 Å². The molecule has 3 aromatic rings. The van der Waals surface area contributed by atoms with Crippen molar-refractivity contribution in [3.63, 3.8) is 0 Å². The first-order chi connectivity index (χ1) is 13.4. The summed E-state index contributed by atoms with van der Waals surface area (Å²) in [7, 11) is -1.39. The predicted octanol–water partition coefficient (Wildman–Crippen LogP) is 3.15. The van der Waals surface area contributed by atoms with Crippen LogP contribution < -0.4 is 0 Å². The van der Waals surface area contributed by atoms with Gasteiger partial charge in [-0.1, -0.05) is 35.9 Å². The Balaban J connectivity index is 1.47. The summed E-state index contributed by atoms with van der Waals surface area (Å²) < 4.78 is 28.0. The van der Waals surface area contributed by atoms with Gasteiger partial charge in [0, 0.05) is 44.4 Å². The third-order valence-corrected chi connectivity index (χ3v) is 8.24. The molecular weight excluding hydrogens is 370 g/mol. The number of likely N-dealkylation sites (tertiary alicyclic amines) is 1. The number of sulfone groups is 1. The van der Waals surface area contributed by atoms with Gasteiger partial charge in [0.05, 0.1) is 16.3 Å². The minimum Gasteiger partial charge on any atom is -0.297 e. The lowest BCUT2D eigenvalue weighted by Crippen LogP contribution is -2.25. The van der Waals surface area contributed by atoms with Gasteiger partial charge >= 0.3 is 0 Å². The Morgan fingerprint density at radius 3 is 2.71 bits per heavy atom. The molecule has 0 saturated carbocycles. The van der Waals surface area contributed by atoms with Crippen molar-refractivity contribution < 1.29 is 8.42 Å². The molecule has 2 aliphatic rings. The fourth-order valence-electron chi connectivity index (χ4n) is 4.67. The van der Waals surface area contributed by atoms with Gasteiger partial charge in [-0.15, -0.1) is 0 Å². The Hall–Kier alpha value is -2.44. The normalized spacial score (nSPS) is 22.9. The molecule has 1 fully saturated rings. The van der Waals surface area contributed by atoms with Gasteiger partial charge in [-0.25, -0.2) is 8.42 Å². The SMILES string of the molecule is Cc1cccc(CN2C[C@@H]3[C@@H](C2)c2cc(-c4cnn(C)c4)ccc2S3(=O)=O)c1. The number of benzene rings is 2. The van der Waals surface area contributed by atoms with E-state index in [9.17, 15) is 8.42 Å². The molecule has 5 nitrogen and oxygen atoms in total. The third kappa shape index (κ3) is 2.79. The zero-order valence-electron chi connectivity index (χ0n) is 16.0. The number of hydrogen-bond donors (Lipinski definition) is 0. The molecule has 0 N–H and O–H groups in total. The van der Waals surface area contributed by atoms with Crippen LogP contribution in [-0.4, -0.2) is 41.4 Å². The van der Waals surface area contributed by atoms with E-state index < -0.39 is 9.84 Å². The van der Waals surface area contributed by atoms with E-state index in [2.05, 4.69) is 47.3 Å². The molecule has 144 valence electrons.